The van der Waals surface area contributed by atoms with Crippen molar-refractivity contribution in [2.45, 2.75) is 32.1 Å². The van der Waals surface area contributed by atoms with E-state index < -0.39 is 0 Å². The molecule has 0 rings (SSSR count). The van der Waals surface area contributed by atoms with Gasteiger partial charge in [0.25, 0.3) is 0 Å². The number of carbonyl (C=O) groups is 2. The molecule has 0 saturated heterocycles. The Bertz CT molecular complexity index is 194. The highest BCUT2D eigenvalue weighted by Gasteiger charge is 2.06. The summed E-state index contributed by atoms with van der Waals surface area (Å²) < 4.78 is 9.56. The summed E-state index contributed by atoms with van der Waals surface area (Å²) in [6, 6.07) is 0. The number of esters is 2. The summed E-state index contributed by atoms with van der Waals surface area (Å²) in [5, 5.41) is 16.9. The predicted octanol–water partition coefficient (Wildman–Crippen LogP) is 0.00790. The zero-order valence-corrected chi connectivity index (χ0v) is 9.89. The maximum atomic E-state index is 11.1. The second kappa shape index (κ2) is 11.3. The lowest BCUT2D eigenvalue weighted by atomic mass is 10.2. The van der Waals surface area contributed by atoms with Crippen molar-refractivity contribution in [2.24, 2.45) is 0 Å². The summed E-state index contributed by atoms with van der Waals surface area (Å²) in [6.45, 7) is 0.390. The average molecular weight is 248 g/mol. The lowest BCUT2D eigenvalue weighted by molar-refractivity contribution is -0.145. The first-order valence-corrected chi connectivity index (χ1v) is 5.73. The first-order chi connectivity index (χ1) is 8.20. The van der Waals surface area contributed by atoms with Crippen LogP contribution >= 0.6 is 0 Å². The number of aliphatic hydroxyl groups is 2. The fraction of sp³-hybridized carbons (Fsp3) is 0.818. The number of rotatable bonds is 10. The minimum Gasteiger partial charge on any atom is -0.466 e. The van der Waals surface area contributed by atoms with Crippen molar-refractivity contribution < 1.29 is 29.3 Å². The molecule has 0 aliphatic heterocycles. The Morgan fingerprint density at radius 2 is 1.18 bits per heavy atom. The zero-order valence-electron chi connectivity index (χ0n) is 9.89. The molecule has 100 valence electrons. The molecule has 0 aromatic carbocycles. The van der Waals surface area contributed by atoms with E-state index in [-0.39, 0.29) is 51.2 Å². The Morgan fingerprint density at radius 3 is 1.53 bits per heavy atom. The summed E-state index contributed by atoms with van der Waals surface area (Å²) in [7, 11) is 0. The van der Waals surface area contributed by atoms with Gasteiger partial charge in [-0.2, -0.15) is 0 Å². The molecular weight excluding hydrogens is 228 g/mol. The molecular formula is C11H20O6. The second-order valence-electron chi connectivity index (χ2n) is 3.45. The molecule has 0 amide bonds. The van der Waals surface area contributed by atoms with Crippen LogP contribution in [0.2, 0.25) is 0 Å². The SMILES string of the molecule is O=C(CCCC(=O)OCCCO)OCCCO. The van der Waals surface area contributed by atoms with Crippen molar-refractivity contribution in [1.29, 1.82) is 0 Å². The minimum absolute atomic E-state index is 0.00946. The first kappa shape index (κ1) is 15.9. The molecule has 0 bridgehead atoms. The molecule has 6 heteroatoms. The Hall–Kier alpha value is -1.14. The Labute approximate surface area is 101 Å². The quantitative estimate of drug-likeness (QED) is 0.418. The highest BCUT2D eigenvalue weighted by Crippen LogP contribution is 2.00. The molecule has 0 heterocycles. The van der Waals surface area contributed by atoms with Gasteiger partial charge in [-0.15, -0.1) is 0 Å². The van der Waals surface area contributed by atoms with E-state index in [4.69, 9.17) is 19.7 Å². The van der Waals surface area contributed by atoms with Gasteiger partial charge in [-0.3, -0.25) is 9.59 Å². The van der Waals surface area contributed by atoms with Crippen molar-refractivity contribution in [3.05, 3.63) is 0 Å². The van der Waals surface area contributed by atoms with Crippen molar-refractivity contribution in [3.63, 3.8) is 0 Å². The third-order valence-electron chi connectivity index (χ3n) is 1.89. The van der Waals surface area contributed by atoms with Gasteiger partial charge in [0.05, 0.1) is 13.2 Å². The Morgan fingerprint density at radius 1 is 0.765 bits per heavy atom. The first-order valence-electron chi connectivity index (χ1n) is 5.73. The molecule has 0 radical (unpaired) electrons. The predicted molar refractivity (Wildman–Crippen MR) is 59.2 cm³/mol. The molecule has 0 saturated carbocycles. The van der Waals surface area contributed by atoms with E-state index in [0.717, 1.165) is 0 Å². The molecule has 0 unspecified atom stereocenters. The molecule has 0 aliphatic rings. The summed E-state index contributed by atoms with van der Waals surface area (Å²) in [4.78, 5) is 22.1. The van der Waals surface area contributed by atoms with Crippen LogP contribution in [0.5, 0.6) is 0 Å². The Kier molecular flexibility index (Phi) is 10.6. The summed E-state index contributed by atoms with van der Waals surface area (Å²) in [5.74, 6) is -0.747. The second-order valence-corrected chi connectivity index (χ2v) is 3.45. The van der Waals surface area contributed by atoms with Crippen LogP contribution in [0.3, 0.4) is 0 Å². The Balaban J connectivity index is 3.36. The molecule has 6 nitrogen and oxygen atoms in total. The average Bonchev–Trinajstić information content (AvgIpc) is 2.30. The van der Waals surface area contributed by atoms with Gasteiger partial charge in [-0.05, 0) is 6.42 Å². The van der Waals surface area contributed by atoms with Crippen molar-refractivity contribution in [1.82, 2.24) is 0 Å². The number of aliphatic hydroxyl groups excluding tert-OH is 2. The third-order valence-corrected chi connectivity index (χ3v) is 1.89. The van der Waals surface area contributed by atoms with E-state index in [1.807, 2.05) is 0 Å². The van der Waals surface area contributed by atoms with Crippen molar-refractivity contribution in [2.75, 3.05) is 26.4 Å². The van der Waals surface area contributed by atoms with Crippen LogP contribution in [0.1, 0.15) is 32.1 Å². The summed E-state index contributed by atoms with van der Waals surface area (Å²) in [6.07, 6.45) is 1.57. The van der Waals surface area contributed by atoms with Crippen LogP contribution in [0.15, 0.2) is 0 Å². The van der Waals surface area contributed by atoms with E-state index in [1.165, 1.54) is 0 Å². The molecule has 0 fully saturated rings. The van der Waals surface area contributed by atoms with Gasteiger partial charge in [0.1, 0.15) is 0 Å². The van der Waals surface area contributed by atoms with E-state index in [1.54, 1.807) is 0 Å². The lowest BCUT2D eigenvalue weighted by Gasteiger charge is -2.04. The van der Waals surface area contributed by atoms with Gasteiger partial charge in [-0.25, -0.2) is 0 Å². The van der Waals surface area contributed by atoms with Gasteiger partial charge in [0.2, 0.25) is 0 Å². The van der Waals surface area contributed by atoms with E-state index in [2.05, 4.69) is 0 Å². The molecule has 0 atom stereocenters. The zero-order chi connectivity index (χ0) is 12.9. The van der Waals surface area contributed by atoms with Crippen LogP contribution in [-0.4, -0.2) is 48.6 Å². The van der Waals surface area contributed by atoms with Crippen LogP contribution in [0, 0.1) is 0 Å². The van der Waals surface area contributed by atoms with Crippen molar-refractivity contribution >= 4 is 11.9 Å². The standard InChI is InChI=1S/C11H20O6/c12-6-2-8-16-10(14)4-1-5-11(15)17-9-3-7-13/h12-13H,1-9H2. The molecule has 0 aromatic heterocycles. The topological polar surface area (TPSA) is 93.1 Å². The van der Waals surface area contributed by atoms with Gasteiger partial charge >= 0.3 is 11.9 Å². The van der Waals surface area contributed by atoms with Gasteiger partial charge < -0.3 is 19.7 Å². The summed E-state index contributed by atoms with van der Waals surface area (Å²) in [5.41, 5.74) is 0. The molecule has 0 aliphatic carbocycles. The maximum absolute atomic E-state index is 11.1. The molecule has 17 heavy (non-hydrogen) atoms. The monoisotopic (exact) mass is 248 g/mol. The molecule has 2 N–H and O–H groups in total. The summed E-state index contributed by atoms with van der Waals surface area (Å²) >= 11 is 0. The van der Waals surface area contributed by atoms with Crippen LogP contribution in [0.4, 0.5) is 0 Å². The van der Waals surface area contributed by atoms with Crippen LogP contribution in [0.25, 0.3) is 0 Å². The van der Waals surface area contributed by atoms with E-state index in [0.29, 0.717) is 19.3 Å². The fourth-order valence-corrected chi connectivity index (χ4v) is 1.02. The number of carbonyl (C=O) groups excluding carboxylic acids is 2. The minimum atomic E-state index is -0.374. The largest absolute Gasteiger partial charge is 0.466 e. The molecule has 0 spiro atoms. The normalized spacial score (nSPS) is 10.0. The highest BCUT2D eigenvalue weighted by molar-refractivity contribution is 5.72. The van der Waals surface area contributed by atoms with Crippen molar-refractivity contribution in [3.8, 4) is 0 Å². The number of hydrogen-bond donors (Lipinski definition) is 2. The van der Waals surface area contributed by atoms with E-state index >= 15 is 0 Å². The third kappa shape index (κ3) is 11.1. The van der Waals surface area contributed by atoms with Gasteiger partial charge in [0, 0.05) is 38.9 Å². The number of ether oxygens (including phenoxy) is 2. The smallest absolute Gasteiger partial charge is 0.305 e. The van der Waals surface area contributed by atoms with Crippen LogP contribution < -0.4 is 0 Å². The fourth-order valence-electron chi connectivity index (χ4n) is 1.02. The molecule has 0 aromatic rings. The highest BCUT2D eigenvalue weighted by atomic mass is 16.5. The lowest BCUT2D eigenvalue weighted by Crippen LogP contribution is -2.10. The van der Waals surface area contributed by atoms with E-state index in [9.17, 15) is 9.59 Å². The van der Waals surface area contributed by atoms with Gasteiger partial charge in [0.15, 0.2) is 0 Å². The maximum Gasteiger partial charge on any atom is 0.305 e. The number of hydrogen-bond acceptors (Lipinski definition) is 6. The van der Waals surface area contributed by atoms with Crippen LogP contribution in [-0.2, 0) is 19.1 Å². The van der Waals surface area contributed by atoms with Gasteiger partial charge in [-0.1, -0.05) is 0 Å².